The number of nitriles is 1. The number of hydrogen-bond acceptors (Lipinski definition) is 9. The molecule has 0 bridgehead atoms. The lowest BCUT2D eigenvalue weighted by atomic mass is 9.99. The summed E-state index contributed by atoms with van der Waals surface area (Å²) in [6, 6.07) is 18.2. The quantitative estimate of drug-likeness (QED) is 0.159. The molecule has 2 aromatic heterocycles. The number of ether oxygens (including phenoxy) is 2. The van der Waals surface area contributed by atoms with E-state index in [0.29, 0.717) is 60.9 Å². The number of imidazole rings is 1. The molecule has 5 rings (SSSR count). The monoisotopic (exact) mass is 596 g/mol. The van der Waals surface area contributed by atoms with Crippen LogP contribution in [0.2, 0.25) is 0 Å². The van der Waals surface area contributed by atoms with E-state index in [1.165, 1.54) is 10.9 Å². The van der Waals surface area contributed by atoms with Gasteiger partial charge in [-0.3, -0.25) is 13.9 Å². The molecule has 2 aromatic carbocycles. The van der Waals surface area contributed by atoms with Crippen LogP contribution in [0, 0.1) is 11.3 Å². The Balaban J connectivity index is 1.44. The van der Waals surface area contributed by atoms with Crippen molar-refractivity contribution in [2.75, 3.05) is 39.1 Å². The van der Waals surface area contributed by atoms with Gasteiger partial charge in [0.15, 0.2) is 11.5 Å². The maximum atomic E-state index is 14.1. The molecule has 1 amide bonds. The van der Waals surface area contributed by atoms with Gasteiger partial charge in [-0.25, -0.2) is 14.8 Å². The van der Waals surface area contributed by atoms with Crippen molar-refractivity contribution in [1.82, 2.24) is 29.3 Å². The van der Waals surface area contributed by atoms with Crippen LogP contribution in [0.25, 0.3) is 16.9 Å². The van der Waals surface area contributed by atoms with Crippen molar-refractivity contribution in [3.8, 4) is 23.3 Å². The number of para-hydroxylation sites is 1. The highest BCUT2D eigenvalue weighted by atomic mass is 16.5. The molecule has 0 radical (unpaired) electrons. The van der Waals surface area contributed by atoms with Crippen molar-refractivity contribution < 1.29 is 14.3 Å². The van der Waals surface area contributed by atoms with Crippen LogP contribution in [0.15, 0.2) is 77.4 Å². The molecule has 1 fully saturated rings. The van der Waals surface area contributed by atoms with E-state index in [1.807, 2.05) is 44.2 Å². The number of fused-ring (bicyclic) bond motifs is 1. The highest BCUT2D eigenvalue weighted by molar-refractivity contribution is 5.97. The second kappa shape index (κ2) is 13.1. The van der Waals surface area contributed by atoms with Crippen molar-refractivity contribution in [3.05, 3.63) is 83.1 Å². The molecule has 12 heteroatoms. The number of likely N-dealkylation sites (tertiary alicyclic amines) is 1. The minimum atomic E-state index is -0.602. The second-order valence-corrected chi connectivity index (χ2v) is 11.2. The van der Waals surface area contributed by atoms with Gasteiger partial charge in [0.05, 0.1) is 18.3 Å². The van der Waals surface area contributed by atoms with E-state index in [0.717, 1.165) is 0 Å². The van der Waals surface area contributed by atoms with E-state index in [1.54, 1.807) is 46.9 Å². The number of benzene rings is 2. The fraction of sp³-hybridized carbons (Fsp3) is 0.344. The summed E-state index contributed by atoms with van der Waals surface area (Å²) in [4.78, 5) is 37.8. The summed E-state index contributed by atoms with van der Waals surface area (Å²) in [6.45, 7) is 5.57. The molecule has 228 valence electrons. The Hall–Kier alpha value is -4.99. The largest absolute Gasteiger partial charge is 0.457 e. The smallest absolute Gasteiger partial charge is 0.335 e. The zero-order chi connectivity index (χ0) is 31.3. The number of methoxy groups -OCH3 is 1. The third kappa shape index (κ3) is 6.49. The number of amides is 1. The van der Waals surface area contributed by atoms with E-state index in [2.05, 4.69) is 21.4 Å². The predicted octanol–water partition coefficient (Wildman–Crippen LogP) is 3.58. The van der Waals surface area contributed by atoms with Gasteiger partial charge in [0.25, 0.3) is 5.91 Å². The minimum absolute atomic E-state index is 0.0414. The van der Waals surface area contributed by atoms with Crippen LogP contribution in [0.5, 0.6) is 11.5 Å². The summed E-state index contributed by atoms with van der Waals surface area (Å²) >= 11 is 0. The topological polar surface area (TPSA) is 153 Å². The number of aromatic nitrogens is 4. The van der Waals surface area contributed by atoms with Gasteiger partial charge in [-0.2, -0.15) is 5.26 Å². The number of rotatable bonds is 10. The van der Waals surface area contributed by atoms with Gasteiger partial charge in [0, 0.05) is 32.3 Å². The van der Waals surface area contributed by atoms with Crippen LogP contribution in [0.4, 0.5) is 5.82 Å². The van der Waals surface area contributed by atoms with Crippen molar-refractivity contribution in [2.24, 2.45) is 0 Å². The summed E-state index contributed by atoms with van der Waals surface area (Å²) in [5, 5.41) is 13.2. The lowest BCUT2D eigenvalue weighted by Crippen LogP contribution is -2.44. The Morgan fingerprint density at radius 1 is 1.16 bits per heavy atom. The van der Waals surface area contributed by atoms with Gasteiger partial charge < -0.3 is 25.4 Å². The van der Waals surface area contributed by atoms with Gasteiger partial charge in [-0.1, -0.05) is 18.2 Å². The molecule has 1 atom stereocenters. The lowest BCUT2D eigenvalue weighted by Gasteiger charge is -2.33. The Morgan fingerprint density at radius 2 is 1.89 bits per heavy atom. The summed E-state index contributed by atoms with van der Waals surface area (Å²) < 4.78 is 14.1. The zero-order valence-electron chi connectivity index (χ0n) is 25.1. The Labute approximate surface area is 255 Å². The van der Waals surface area contributed by atoms with Crippen molar-refractivity contribution in [2.45, 2.75) is 38.3 Å². The third-order valence-corrected chi connectivity index (χ3v) is 7.55. The molecule has 0 saturated carbocycles. The van der Waals surface area contributed by atoms with E-state index in [9.17, 15) is 14.9 Å². The molecule has 3 heterocycles. The van der Waals surface area contributed by atoms with E-state index in [4.69, 9.17) is 15.2 Å². The number of nitrogens with two attached hydrogens (primary N) is 1. The molecule has 1 aliphatic heterocycles. The minimum Gasteiger partial charge on any atom is -0.457 e. The molecule has 4 aromatic rings. The summed E-state index contributed by atoms with van der Waals surface area (Å²) in [7, 11) is 1.61. The Morgan fingerprint density at radius 3 is 2.59 bits per heavy atom. The first-order valence-corrected chi connectivity index (χ1v) is 14.5. The van der Waals surface area contributed by atoms with Gasteiger partial charge in [0.1, 0.15) is 35.0 Å². The Bertz CT molecular complexity index is 1750. The normalized spacial score (nSPS) is 15.7. The first-order valence-electron chi connectivity index (χ1n) is 14.5. The Kier molecular flexibility index (Phi) is 9.08. The van der Waals surface area contributed by atoms with Crippen LogP contribution < -0.4 is 21.5 Å². The van der Waals surface area contributed by atoms with E-state index in [-0.39, 0.29) is 35.6 Å². The van der Waals surface area contributed by atoms with Crippen molar-refractivity contribution in [3.63, 3.8) is 0 Å². The average molecular weight is 597 g/mol. The first-order chi connectivity index (χ1) is 21.2. The fourth-order valence-corrected chi connectivity index (χ4v) is 5.47. The zero-order valence-corrected chi connectivity index (χ0v) is 25.1. The fourth-order valence-electron chi connectivity index (χ4n) is 5.47. The van der Waals surface area contributed by atoms with Crippen LogP contribution in [-0.4, -0.2) is 68.8 Å². The van der Waals surface area contributed by atoms with Crippen LogP contribution in [0.3, 0.4) is 0 Å². The SMILES string of the molecule is COCCNC(C)(C)/C=C(/C#N)C(=O)N1CCC[C@H](n2c(=O)n(-c3ccc(Oc4ccccc4)cc3)c3c(N)ncnc32)C1. The van der Waals surface area contributed by atoms with Crippen LogP contribution in [0.1, 0.15) is 32.7 Å². The van der Waals surface area contributed by atoms with Crippen LogP contribution >= 0.6 is 0 Å². The number of nitrogen functional groups attached to an aromatic ring is 1. The number of anilines is 1. The predicted molar refractivity (Wildman–Crippen MR) is 167 cm³/mol. The number of carbonyl (C=O) groups excluding carboxylic acids is 1. The van der Waals surface area contributed by atoms with Crippen molar-refractivity contribution in [1.29, 1.82) is 5.26 Å². The average Bonchev–Trinajstić information content (AvgIpc) is 3.33. The number of hydrogen-bond donors (Lipinski definition) is 2. The lowest BCUT2D eigenvalue weighted by molar-refractivity contribution is -0.128. The first kappa shape index (κ1) is 30.5. The number of nitrogens with zero attached hydrogens (tertiary/aromatic N) is 6. The maximum absolute atomic E-state index is 14.1. The van der Waals surface area contributed by atoms with E-state index >= 15 is 0 Å². The van der Waals surface area contributed by atoms with Crippen LogP contribution in [-0.2, 0) is 9.53 Å². The molecular formula is C32H36N8O4. The maximum Gasteiger partial charge on any atom is 0.335 e. The molecule has 0 unspecified atom stereocenters. The summed E-state index contributed by atoms with van der Waals surface area (Å²) in [5.74, 6) is 1.10. The van der Waals surface area contributed by atoms with Gasteiger partial charge in [-0.05, 0) is 69.2 Å². The van der Waals surface area contributed by atoms with Crippen molar-refractivity contribution >= 4 is 22.9 Å². The molecule has 0 spiro atoms. The highest BCUT2D eigenvalue weighted by Crippen LogP contribution is 2.29. The van der Waals surface area contributed by atoms with E-state index < -0.39 is 5.54 Å². The summed E-state index contributed by atoms with van der Waals surface area (Å²) in [6.07, 6.45) is 4.27. The van der Waals surface area contributed by atoms with Gasteiger partial charge in [-0.15, -0.1) is 0 Å². The number of carbonyl (C=O) groups is 1. The molecule has 1 saturated heterocycles. The molecule has 44 heavy (non-hydrogen) atoms. The highest BCUT2D eigenvalue weighted by Gasteiger charge is 2.32. The number of nitrogens with one attached hydrogen (secondary N) is 1. The standard InChI is InChI=1S/C32H36N8O4/c1-32(2,37-15-17-43-3)18-22(19-33)30(41)38-16-7-8-24(20-38)40-29-27(28(34)35-21-36-29)39(31(40)42)23-11-13-26(14-12-23)44-25-9-5-4-6-10-25/h4-6,9-14,18,21,24,37H,7-8,15-17,20H2,1-3H3,(H2,34,35,36)/b22-18-/t24-/m0/s1. The summed E-state index contributed by atoms with van der Waals surface area (Å²) in [5.41, 5.74) is 6.74. The third-order valence-electron chi connectivity index (χ3n) is 7.55. The van der Waals surface area contributed by atoms with Gasteiger partial charge >= 0.3 is 5.69 Å². The molecule has 0 aliphatic carbocycles. The molecular weight excluding hydrogens is 560 g/mol. The number of piperidine rings is 1. The molecule has 3 N–H and O–H groups in total. The van der Waals surface area contributed by atoms with Gasteiger partial charge in [0.2, 0.25) is 0 Å². The molecule has 1 aliphatic rings. The second-order valence-electron chi connectivity index (χ2n) is 11.2. The molecule has 12 nitrogen and oxygen atoms in total.